The summed E-state index contributed by atoms with van der Waals surface area (Å²) >= 11 is 0. The fourth-order valence-electron chi connectivity index (χ4n) is 2.58. The number of rotatable bonds is 1. The van der Waals surface area contributed by atoms with Crippen molar-refractivity contribution in [2.45, 2.75) is 19.8 Å². The molecule has 1 nitrogen and oxygen atoms in total. The Kier molecular flexibility index (Phi) is 2.41. The zero-order valence-corrected chi connectivity index (χ0v) is 9.72. The van der Waals surface area contributed by atoms with E-state index in [4.69, 9.17) is 0 Å². The summed E-state index contributed by atoms with van der Waals surface area (Å²) < 4.78 is 0. The molecule has 1 aliphatic carbocycles. The Hall–Kier alpha value is -1.34. The van der Waals surface area contributed by atoms with E-state index in [2.05, 4.69) is 42.6 Å². The molecule has 1 heteroatoms. The molecule has 0 atom stereocenters. The number of fused-ring (bicyclic) bond motifs is 1. The van der Waals surface area contributed by atoms with Gasteiger partial charge >= 0.3 is 0 Å². The standard InChI is InChI=1S/C15H17N/c1-11-4-5-13-9-12(6-7-15(11)13)14-3-2-8-16-10-14/h3-4,6-7,9,16H,2,5,8,10H2,1H3. The number of allylic oxidation sites excluding steroid dienone is 2. The van der Waals surface area contributed by atoms with Crippen LogP contribution in [0.5, 0.6) is 0 Å². The number of nitrogens with one attached hydrogen (secondary N) is 1. The van der Waals surface area contributed by atoms with Crippen LogP contribution in [0.3, 0.4) is 0 Å². The van der Waals surface area contributed by atoms with Gasteiger partial charge in [0.05, 0.1) is 0 Å². The van der Waals surface area contributed by atoms with Crippen molar-refractivity contribution in [3.05, 3.63) is 47.0 Å². The number of hydrogen-bond donors (Lipinski definition) is 1. The quantitative estimate of drug-likeness (QED) is 0.753. The highest BCUT2D eigenvalue weighted by Crippen LogP contribution is 2.29. The van der Waals surface area contributed by atoms with E-state index in [0.717, 1.165) is 25.9 Å². The maximum atomic E-state index is 3.43. The van der Waals surface area contributed by atoms with Gasteiger partial charge in [-0.1, -0.05) is 30.4 Å². The first-order valence-electron chi connectivity index (χ1n) is 6.05. The van der Waals surface area contributed by atoms with E-state index in [-0.39, 0.29) is 0 Å². The predicted octanol–water partition coefficient (Wildman–Crippen LogP) is 3.02. The van der Waals surface area contributed by atoms with Crippen LogP contribution in [0.2, 0.25) is 0 Å². The summed E-state index contributed by atoms with van der Waals surface area (Å²) in [5.74, 6) is 0. The lowest BCUT2D eigenvalue weighted by Crippen LogP contribution is -2.21. The van der Waals surface area contributed by atoms with Crippen LogP contribution in [0.4, 0.5) is 0 Å². The van der Waals surface area contributed by atoms with E-state index >= 15 is 0 Å². The molecule has 0 bridgehead atoms. The summed E-state index contributed by atoms with van der Waals surface area (Å²) in [4.78, 5) is 0. The van der Waals surface area contributed by atoms with Gasteiger partial charge in [-0.05, 0) is 54.1 Å². The van der Waals surface area contributed by atoms with Crippen LogP contribution >= 0.6 is 0 Å². The molecule has 0 unspecified atom stereocenters. The minimum absolute atomic E-state index is 1.02. The van der Waals surface area contributed by atoms with Crippen molar-refractivity contribution in [3.8, 4) is 0 Å². The van der Waals surface area contributed by atoms with Crippen LogP contribution in [0.1, 0.15) is 30.0 Å². The van der Waals surface area contributed by atoms with Gasteiger partial charge in [0.1, 0.15) is 0 Å². The second kappa shape index (κ2) is 3.91. The maximum absolute atomic E-state index is 3.43. The molecular formula is C15H17N. The van der Waals surface area contributed by atoms with Gasteiger partial charge in [-0.3, -0.25) is 0 Å². The first-order valence-corrected chi connectivity index (χ1v) is 6.05. The van der Waals surface area contributed by atoms with Gasteiger partial charge < -0.3 is 5.32 Å². The van der Waals surface area contributed by atoms with Crippen molar-refractivity contribution in [2.75, 3.05) is 13.1 Å². The molecule has 0 radical (unpaired) electrons. The van der Waals surface area contributed by atoms with Gasteiger partial charge in [0.25, 0.3) is 0 Å². The molecule has 0 saturated carbocycles. The Bertz CT molecular complexity index is 480. The fraction of sp³-hybridized carbons (Fsp3) is 0.333. The normalized spacial score (nSPS) is 19.1. The van der Waals surface area contributed by atoms with Gasteiger partial charge in [-0.25, -0.2) is 0 Å². The summed E-state index contributed by atoms with van der Waals surface area (Å²) in [6, 6.07) is 6.90. The topological polar surface area (TPSA) is 12.0 Å². The smallest absolute Gasteiger partial charge is 0.0208 e. The van der Waals surface area contributed by atoms with Crippen molar-refractivity contribution < 1.29 is 0 Å². The van der Waals surface area contributed by atoms with Gasteiger partial charge in [-0.2, -0.15) is 0 Å². The molecule has 0 fully saturated rings. The SMILES string of the molecule is CC1=CCc2cc(C3=CCCNC3)ccc21. The Balaban J connectivity index is 1.97. The molecule has 0 saturated heterocycles. The number of hydrogen-bond acceptors (Lipinski definition) is 1. The molecule has 0 aromatic heterocycles. The second-order valence-corrected chi connectivity index (χ2v) is 4.66. The summed E-state index contributed by atoms with van der Waals surface area (Å²) in [6.45, 7) is 4.34. The third kappa shape index (κ3) is 1.61. The zero-order valence-electron chi connectivity index (χ0n) is 9.72. The molecule has 2 aliphatic rings. The molecule has 1 aromatic rings. The first-order chi connectivity index (χ1) is 7.84. The van der Waals surface area contributed by atoms with Crippen LogP contribution in [0, 0.1) is 0 Å². The molecule has 82 valence electrons. The van der Waals surface area contributed by atoms with Crippen molar-refractivity contribution >= 4 is 11.1 Å². The lowest BCUT2D eigenvalue weighted by molar-refractivity contribution is 0.739. The molecule has 3 rings (SSSR count). The van der Waals surface area contributed by atoms with Gasteiger partial charge in [0, 0.05) is 6.54 Å². The Morgan fingerprint density at radius 2 is 2.12 bits per heavy atom. The van der Waals surface area contributed by atoms with E-state index in [1.807, 2.05) is 0 Å². The molecule has 16 heavy (non-hydrogen) atoms. The lowest BCUT2D eigenvalue weighted by atomic mass is 9.97. The fourth-order valence-corrected chi connectivity index (χ4v) is 2.58. The average molecular weight is 211 g/mol. The van der Waals surface area contributed by atoms with E-state index in [9.17, 15) is 0 Å². The summed E-state index contributed by atoms with van der Waals surface area (Å²) in [5, 5.41) is 3.43. The third-order valence-corrected chi connectivity index (χ3v) is 3.56. The summed E-state index contributed by atoms with van der Waals surface area (Å²) in [6.07, 6.45) is 6.95. The molecule has 1 heterocycles. The Labute approximate surface area is 96.9 Å². The second-order valence-electron chi connectivity index (χ2n) is 4.66. The Morgan fingerprint density at radius 3 is 2.94 bits per heavy atom. The lowest BCUT2D eigenvalue weighted by Gasteiger charge is -2.15. The van der Waals surface area contributed by atoms with Crippen LogP contribution in [0.25, 0.3) is 11.1 Å². The summed E-state index contributed by atoms with van der Waals surface area (Å²) in [7, 11) is 0. The van der Waals surface area contributed by atoms with Gasteiger partial charge in [0.2, 0.25) is 0 Å². The van der Waals surface area contributed by atoms with Gasteiger partial charge in [-0.15, -0.1) is 0 Å². The van der Waals surface area contributed by atoms with Crippen LogP contribution in [-0.2, 0) is 6.42 Å². The van der Waals surface area contributed by atoms with Crippen LogP contribution in [-0.4, -0.2) is 13.1 Å². The molecule has 1 N–H and O–H groups in total. The molecule has 0 spiro atoms. The minimum Gasteiger partial charge on any atom is -0.312 e. The van der Waals surface area contributed by atoms with E-state index in [1.165, 1.54) is 27.8 Å². The highest BCUT2D eigenvalue weighted by Gasteiger charge is 2.12. The van der Waals surface area contributed by atoms with Crippen LogP contribution < -0.4 is 5.32 Å². The molecular weight excluding hydrogens is 194 g/mol. The molecule has 1 aliphatic heterocycles. The predicted molar refractivity (Wildman–Crippen MR) is 69.3 cm³/mol. The highest BCUT2D eigenvalue weighted by atomic mass is 14.9. The average Bonchev–Trinajstić information content (AvgIpc) is 2.72. The van der Waals surface area contributed by atoms with Crippen molar-refractivity contribution in [1.82, 2.24) is 5.32 Å². The van der Waals surface area contributed by atoms with Crippen molar-refractivity contribution in [2.24, 2.45) is 0 Å². The van der Waals surface area contributed by atoms with Gasteiger partial charge in [0.15, 0.2) is 0 Å². The zero-order chi connectivity index (χ0) is 11.0. The van der Waals surface area contributed by atoms with E-state index < -0.39 is 0 Å². The van der Waals surface area contributed by atoms with E-state index in [0.29, 0.717) is 0 Å². The molecule has 1 aromatic carbocycles. The number of benzene rings is 1. The first kappa shape index (κ1) is 9.86. The van der Waals surface area contributed by atoms with Crippen molar-refractivity contribution in [3.63, 3.8) is 0 Å². The van der Waals surface area contributed by atoms with Crippen LogP contribution in [0.15, 0.2) is 30.4 Å². The maximum Gasteiger partial charge on any atom is 0.0208 e. The highest BCUT2D eigenvalue weighted by molar-refractivity contribution is 5.76. The minimum atomic E-state index is 1.02. The summed E-state index contributed by atoms with van der Waals surface area (Å²) in [5.41, 5.74) is 7.21. The third-order valence-electron chi connectivity index (χ3n) is 3.56. The monoisotopic (exact) mass is 211 g/mol. The Morgan fingerprint density at radius 1 is 1.19 bits per heavy atom. The van der Waals surface area contributed by atoms with E-state index in [1.54, 1.807) is 0 Å². The molecule has 0 amide bonds. The van der Waals surface area contributed by atoms with Crippen molar-refractivity contribution in [1.29, 1.82) is 0 Å². The largest absolute Gasteiger partial charge is 0.312 e.